The average molecular weight is 404 g/mol. The van der Waals surface area contributed by atoms with Gasteiger partial charge in [0, 0.05) is 18.0 Å². The Balaban J connectivity index is 1.68. The standard InChI is InChI=1S/C21H19F3N2OS/c1-14(15-6-4-3-5-7-15)26(2)19(27)12-18-13-28-20(25-18)16-8-10-17(11-9-16)21(22,23)24/h3-11,13-14H,12H2,1-2H3/t14-/m1/s1. The van der Waals surface area contributed by atoms with Crippen LogP contribution in [0.5, 0.6) is 0 Å². The molecule has 0 saturated heterocycles. The summed E-state index contributed by atoms with van der Waals surface area (Å²) in [5.74, 6) is -0.0689. The lowest BCUT2D eigenvalue weighted by atomic mass is 10.1. The monoisotopic (exact) mass is 404 g/mol. The molecule has 0 aliphatic heterocycles. The SMILES string of the molecule is C[C@H](c1ccccc1)N(C)C(=O)Cc1csc(-c2ccc(C(F)(F)F)cc2)n1. The van der Waals surface area contributed by atoms with Gasteiger partial charge >= 0.3 is 6.18 Å². The summed E-state index contributed by atoms with van der Waals surface area (Å²) in [6.07, 6.45) is -4.22. The molecule has 1 aromatic heterocycles. The van der Waals surface area contributed by atoms with E-state index in [0.29, 0.717) is 16.3 Å². The van der Waals surface area contributed by atoms with E-state index in [4.69, 9.17) is 0 Å². The van der Waals surface area contributed by atoms with Crippen LogP contribution in [0.3, 0.4) is 0 Å². The van der Waals surface area contributed by atoms with Crippen molar-refractivity contribution in [3.05, 3.63) is 76.8 Å². The molecule has 1 atom stereocenters. The number of carbonyl (C=O) groups excluding carboxylic acids is 1. The highest BCUT2D eigenvalue weighted by Gasteiger charge is 2.30. The van der Waals surface area contributed by atoms with Crippen molar-refractivity contribution >= 4 is 17.2 Å². The summed E-state index contributed by atoms with van der Waals surface area (Å²) in [7, 11) is 1.75. The van der Waals surface area contributed by atoms with Gasteiger partial charge in [0.05, 0.1) is 23.7 Å². The minimum atomic E-state index is -4.36. The number of hydrogen-bond acceptors (Lipinski definition) is 3. The minimum absolute atomic E-state index is 0.0679. The van der Waals surface area contributed by atoms with E-state index in [1.807, 2.05) is 37.3 Å². The van der Waals surface area contributed by atoms with Gasteiger partial charge in [0.1, 0.15) is 5.01 Å². The van der Waals surface area contributed by atoms with Crippen LogP contribution in [-0.4, -0.2) is 22.8 Å². The molecule has 1 amide bonds. The molecular formula is C21H19F3N2OS. The number of amides is 1. The lowest BCUT2D eigenvalue weighted by Gasteiger charge is -2.25. The number of benzene rings is 2. The number of rotatable bonds is 5. The van der Waals surface area contributed by atoms with Crippen molar-refractivity contribution in [2.75, 3.05) is 7.05 Å². The maximum Gasteiger partial charge on any atom is 0.416 e. The Labute approximate surface area is 165 Å². The van der Waals surface area contributed by atoms with Gasteiger partial charge in [0.2, 0.25) is 5.91 Å². The van der Waals surface area contributed by atoms with Crippen LogP contribution in [0.25, 0.3) is 10.6 Å². The van der Waals surface area contributed by atoms with Gasteiger partial charge < -0.3 is 4.90 Å². The molecule has 0 spiro atoms. The fourth-order valence-electron chi connectivity index (χ4n) is 2.77. The van der Waals surface area contributed by atoms with Crippen molar-refractivity contribution < 1.29 is 18.0 Å². The molecule has 7 heteroatoms. The van der Waals surface area contributed by atoms with E-state index in [2.05, 4.69) is 4.98 Å². The third kappa shape index (κ3) is 4.59. The Morgan fingerprint density at radius 1 is 1.11 bits per heavy atom. The first-order chi connectivity index (χ1) is 13.3. The zero-order valence-electron chi connectivity index (χ0n) is 15.4. The topological polar surface area (TPSA) is 33.2 Å². The number of thiazole rings is 1. The highest BCUT2D eigenvalue weighted by atomic mass is 32.1. The predicted molar refractivity (Wildman–Crippen MR) is 104 cm³/mol. The van der Waals surface area contributed by atoms with Crippen molar-refractivity contribution in [1.29, 1.82) is 0 Å². The Morgan fingerprint density at radius 2 is 1.75 bits per heavy atom. The molecule has 0 N–H and O–H groups in total. The second kappa shape index (κ2) is 8.14. The van der Waals surface area contributed by atoms with Gasteiger partial charge in [-0.2, -0.15) is 13.2 Å². The van der Waals surface area contributed by atoms with Crippen molar-refractivity contribution in [2.45, 2.75) is 25.6 Å². The van der Waals surface area contributed by atoms with Crippen molar-refractivity contribution in [2.24, 2.45) is 0 Å². The zero-order valence-corrected chi connectivity index (χ0v) is 16.2. The normalized spacial score (nSPS) is 12.6. The van der Waals surface area contributed by atoms with Gasteiger partial charge in [-0.1, -0.05) is 42.5 Å². The zero-order chi connectivity index (χ0) is 20.3. The number of halogens is 3. The van der Waals surface area contributed by atoms with E-state index in [1.165, 1.54) is 23.5 Å². The molecule has 0 aliphatic carbocycles. The van der Waals surface area contributed by atoms with Gasteiger partial charge in [-0.3, -0.25) is 4.79 Å². The van der Waals surface area contributed by atoms with E-state index in [1.54, 1.807) is 17.3 Å². The number of nitrogens with zero attached hydrogens (tertiary/aromatic N) is 2. The second-order valence-electron chi connectivity index (χ2n) is 6.49. The Kier molecular flexibility index (Phi) is 5.84. The third-order valence-corrected chi connectivity index (χ3v) is 5.54. The number of carbonyl (C=O) groups is 1. The summed E-state index contributed by atoms with van der Waals surface area (Å²) in [5, 5.41) is 2.36. The van der Waals surface area contributed by atoms with Crippen LogP contribution in [0, 0.1) is 0 Å². The molecule has 3 aromatic rings. The van der Waals surface area contributed by atoms with Crippen LogP contribution >= 0.6 is 11.3 Å². The fraction of sp³-hybridized carbons (Fsp3) is 0.238. The summed E-state index contributed by atoms with van der Waals surface area (Å²) in [4.78, 5) is 18.7. The predicted octanol–water partition coefficient (Wildman–Crippen LogP) is 5.59. The first kappa shape index (κ1) is 20.1. The molecule has 0 unspecified atom stereocenters. The Morgan fingerprint density at radius 3 is 2.36 bits per heavy atom. The summed E-state index contributed by atoms with van der Waals surface area (Å²) < 4.78 is 38.0. The second-order valence-corrected chi connectivity index (χ2v) is 7.35. The summed E-state index contributed by atoms with van der Waals surface area (Å²) in [5.41, 5.74) is 1.56. The van der Waals surface area contributed by atoms with E-state index in [9.17, 15) is 18.0 Å². The van der Waals surface area contributed by atoms with Crippen molar-refractivity contribution in [1.82, 2.24) is 9.88 Å². The number of hydrogen-bond donors (Lipinski definition) is 0. The molecule has 0 bridgehead atoms. The molecule has 1 heterocycles. The largest absolute Gasteiger partial charge is 0.416 e. The Bertz CT molecular complexity index is 936. The maximum absolute atomic E-state index is 12.7. The van der Waals surface area contributed by atoms with E-state index in [0.717, 1.165) is 17.7 Å². The highest BCUT2D eigenvalue weighted by molar-refractivity contribution is 7.13. The minimum Gasteiger partial charge on any atom is -0.339 e. The highest BCUT2D eigenvalue weighted by Crippen LogP contribution is 2.32. The quantitative estimate of drug-likeness (QED) is 0.555. The average Bonchev–Trinajstić information content (AvgIpc) is 3.15. The molecule has 0 fully saturated rings. The molecule has 146 valence electrons. The van der Waals surface area contributed by atoms with Crippen LogP contribution in [0.1, 0.15) is 29.8 Å². The smallest absolute Gasteiger partial charge is 0.339 e. The van der Waals surface area contributed by atoms with Crippen LogP contribution in [0.2, 0.25) is 0 Å². The third-order valence-electron chi connectivity index (χ3n) is 4.60. The van der Waals surface area contributed by atoms with Crippen LogP contribution < -0.4 is 0 Å². The van der Waals surface area contributed by atoms with Crippen molar-refractivity contribution in [3.8, 4) is 10.6 Å². The number of alkyl halides is 3. The summed E-state index contributed by atoms with van der Waals surface area (Å²) in [6, 6.07) is 14.5. The first-order valence-electron chi connectivity index (χ1n) is 8.68. The van der Waals surface area contributed by atoms with Crippen molar-refractivity contribution in [3.63, 3.8) is 0 Å². The number of aromatic nitrogens is 1. The van der Waals surface area contributed by atoms with E-state index in [-0.39, 0.29) is 18.4 Å². The summed E-state index contributed by atoms with van der Waals surface area (Å²) >= 11 is 1.31. The van der Waals surface area contributed by atoms with Crippen LogP contribution in [-0.2, 0) is 17.4 Å². The molecule has 0 aliphatic rings. The number of likely N-dealkylation sites (N-methyl/N-ethyl adjacent to an activating group) is 1. The van der Waals surface area contributed by atoms with Gasteiger partial charge in [-0.15, -0.1) is 11.3 Å². The molecule has 3 nitrogen and oxygen atoms in total. The molecule has 0 saturated carbocycles. The molecule has 0 radical (unpaired) electrons. The molecule has 28 heavy (non-hydrogen) atoms. The first-order valence-corrected chi connectivity index (χ1v) is 9.56. The van der Waals surface area contributed by atoms with Gasteiger partial charge in [0.15, 0.2) is 0 Å². The molecular weight excluding hydrogens is 385 g/mol. The molecule has 2 aromatic carbocycles. The lowest BCUT2D eigenvalue weighted by molar-refractivity contribution is -0.137. The molecule has 3 rings (SSSR count). The maximum atomic E-state index is 12.7. The Hall–Kier alpha value is -2.67. The fourth-order valence-corrected chi connectivity index (χ4v) is 3.60. The van der Waals surface area contributed by atoms with Crippen LogP contribution in [0.15, 0.2) is 60.0 Å². The van der Waals surface area contributed by atoms with Crippen LogP contribution in [0.4, 0.5) is 13.2 Å². The summed E-state index contributed by atoms with van der Waals surface area (Å²) in [6.45, 7) is 1.96. The van der Waals surface area contributed by atoms with Gasteiger partial charge in [-0.05, 0) is 24.6 Å². The van der Waals surface area contributed by atoms with Gasteiger partial charge in [0.25, 0.3) is 0 Å². The van der Waals surface area contributed by atoms with E-state index < -0.39 is 11.7 Å². The van der Waals surface area contributed by atoms with Gasteiger partial charge in [-0.25, -0.2) is 4.98 Å². The lowest BCUT2D eigenvalue weighted by Crippen LogP contribution is -2.31. The van der Waals surface area contributed by atoms with E-state index >= 15 is 0 Å².